The largest absolute Gasteiger partial charge is 0.387 e. The maximum atomic E-state index is 13.8. The third-order valence-corrected chi connectivity index (χ3v) is 5.02. The van der Waals surface area contributed by atoms with Gasteiger partial charge in [0.05, 0.1) is 18.3 Å². The number of likely N-dealkylation sites (tertiary alicyclic amines) is 1. The molecular formula is C18H23FN4O2. The number of amides is 1. The molecule has 0 bridgehead atoms. The fourth-order valence-corrected chi connectivity index (χ4v) is 3.40. The number of hydrogen-bond acceptors (Lipinski definition) is 4. The zero-order valence-electron chi connectivity index (χ0n) is 14.6. The minimum atomic E-state index is -0.974. The molecule has 0 spiro atoms. The molecular weight excluding hydrogens is 323 g/mol. The van der Waals surface area contributed by atoms with Gasteiger partial charge < -0.3 is 15.3 Å². The predicted octanol–water partition coefficient (Wildman–Crippen LogP) is 1.46. The minimum Gasteiger partial charge on any atom is -0.387 e. The number of carbonyl (C=O) groups is 1. The van der Waals surface area contributed by atoms with E-state index >= 15 is 0 Å². The Morgan fingerprint density at radius 1 is 1.40 bits per heavy atom. The van der Waals surface area contributed by atoms with Crippen molar-refractivity contribution in [2.75, 3.05) is 13.6 Å². The van der Waals surface area contributed by atoms with Crippen LogP contribution in [0.25, 0.3) is 0 Å². The lowest BCUT2D eigenvalue weighted by atomic mass is 10.00. The van der Waals surface area contributed by atoms with Crippen LogP contribution in [0.4, 0.5) is 4.39 Å². The Morgan fingerprint density at radius 2 is 2.12 bits per heavy atom. The SMILES string of the molecule is Cc1c([C@H]2[C@H](NCC(O)c3ccccc3F)CC(=O)N2C)cnn1C. The van der Waals surface area contributed by atoms with Gasteiger partial charge in [0.2, 0.25) is 5.91 Å². The van der Waals surface area contributed by atoms with Crippen LogP contribution >= 0.6 is 0 Å². The van der Waals surface area contributed by atoms with E-state index in [1.54, 1.807) is 41.0 Å². The van der Waals surface area contributed by atoms with Crippen molar-refractivity contribution in [3.05, 3.63) is 53.1 Å². The Morgan fingerprint density at radius 3 is 2.76 bits per heavy atom. The number of nitrogens with one attached hydrogen (secondary N) is 1. The molecule has 1 aromatic carbocycles. The van der Waals surface area contributed by atoms with Crippen molar-refractivity contribution in [3.8, 4) is 0 Å². The number of carbonyl (C=O) groups excluding carboxylic acids is 1. The summed E-state index contributed by atoms with van der Waals surface area (Å²) in [5.74, 6) is -0.401. The summed E-state index contributed by atoms with van der Waals surface area (Å²) in [6, 6.07) is 5.85. The van der Waals surface area contributed by atoms with Gasteiger partial charge in [0.25, 0.3) is 0 Å². The first-order valence-corrected chi connectivity index (χ1v) is 8.30. The van der Waals surface area contributed by atoms with Crippen LogP contribution in [0.2, 0.25) is 0 Å². The summed E-state index contributed by atoms with van der Waals surface area (Å²) in [4.78, 5) is 13.9. The quantitative estimate of drug-likeness (QED) is 0.860. The average molecular weight is 346 g/mol. The maximum Gasteiger partial charge on any atom is 0.224 e. The van der Waals surface area contributed by atoms with Crippen molar-refractivity contribution < 1.29 is 14.3 Å². The summed E-state index contributed by atoms with van der Waals surface area (Å²) in [6.45, 7) is 2.13. The average Bonchev–Trinajstić information content (AvgIpc) is 3.06. The summed E-state index contributed by atoms with van der Waals surface area (Å²) >= 11 is 0. The Kier molecular flexibility index (Phi) is 4.87. The van der Waals surface area contributed by atoms with E-state index in [9.17, 15) is 14.3 Å². The van der Waals surface area contributed by atoms with Gasteiger partial charge in [-0.15, -0.1) is 0 Å². The molecule has 0 aliphatic carbocycles. The number of aliphatic hydroxyl groups excluding tert-OH is 1. The third-order valence-electron chi connectivity index (χ3n) is 5.02. The van der Waals surface area contributed by atoms with E-state index in [0.29, 0.717) is 6.42 Å². The van der Waals surface area contributed by atoms with Crippen molar-refractivity contribution in [2.24, 2.45) is 7.05 Å². The highest BCUT2D eigenvalue weighted by Gasteiger charge is 2.40. The Balaban J connectivity index is 1.75. The summed E-state index contributed by atoms with van der Waals surface area (Å²) in [7, 11) is 3.63. The molecule has 1 amide bonds. The normalized spacial score (nSPS) is 21.8. The Hall–Kier alpha value is -2.25. The van der Waals surface area contributed by atoms with Gasteiger partial charge in [0.1, 0.15) is 5.82 Å². The highest BCUT2D eigenvalue weighted by atomic mass is 19.1. The van der Waals surface area contributed by atoms with Gasteiger partial charge in [-0.05, 0) is 13.0 Å². The smallest absolute Gasteiger partial charge is 0.224 e. The Labute approximate surface area is 146 Å². The molecule has 1 aliphatic rings. The minimum absolute atomic E-state index is 0.0335. The van der Waals surface area contributed by atoms with Crippen LogP contribution in [-0.4, -0.2) is 45.3 Å². The van der Waals surface area contributed by atoms with E-state index in [4.69, 9.17) is 0 Å². The van der Waals surface area contributed by atoms with Crippen LogP contribution in [0.1, 0.15) is 35.4 Å². The van der Waals surface area contributed by atoms with Crippen molar-refractivity contribution >= 4 is 5.91 Å². The second-order valence-electron chi connectivity index (χ2n) is 6.51. The van der Waals surface area contributed by atoms with E-state index in [1.807, 2.05) is 14.0 Å². The van der Waals surface area contributed by atoms with Gasteiger partial charge in [-0.2, -0.15) is 5.10 Å². The summed E-state index contributed by atoms with van der Waals surface area (Å²) < 4.78 is 15.6. The van der Waals surface area contributed by atoms with Gasteiger partial charge in [0.15, 0.2) is 0 Å². The summed E-state index contributed by atoms with van der Waals surface area (Å²) in [5, 5.41) is 17.8. The van der Waals surface area contributed by atoms with E-state index in [1.165, 1.54) is 6.07 Å². The molecule has 7 heteroatoms. The number of aromatic nitrogens is 2. The van der Waals surface area contributed by atoms with Crippen LogP contribution < -0.4 is 5.32 Å². The fourth-order valence-electron chi connectivity index (χ4n) is 3.40. The monoisotopic (exact) mass is 346 g/mol. The van der Waals surface area contributed by atoms with Gasteiger partial charge in [-0.3, -0.25) is 9.48 Å². The van der Waals surface area contributed by atoms with Gasteiger partial charge >= 0.3 is 0 Å². The zero-order valence-corrected chi connectivity index (χ0v) is 14.6. The van der Waals surface area contributed by atoms with Crippen molar-refractivity contribution in [2.45, 2.75) is 31.5 Å². The van der Waals surface area contributed by atoms with E-state index < -0.39 is 11.9 Å². The molecule has 1 aromatic heterocycles. The first-order chi connectivity index (χ1) is 11.9. The second kappa shape index (κ2) is 6.93. The predicted molar refractivity (Wildman–Crippen MR) is 91.2 cm³/mol. The molecule has 1 saturated heterocycles. The molecule has 6 nitrogen and oxygen atoms in total. The number of halogens is 1. The van der Waals surface area contributed by atoms with Crippen molar-refractivity contribution in [3.63, 3.8) is 0 Å². The van der Waals surface area contributed by atoms with Crippen LogP contribution in [-0.2, 0) is 11.8 Å². The molecule has 1 unspecified atom stereocenters. The number of hydrogen-bond donors (Lipinski definition) is 2. The number of aliphatic hydroxyl groups is 1. The highest BCUT2D eigenvalue weighted by Crippen LogP contribution is 2.33. The standard InChI is InChI=1S/C18H23FN4O2/c1-11-13(9-21-23(11)3)18-15(8-17(25)22(18)2)20-10-16(24)12-6-4-5-7-14(12)19/h4-7,9,15-16,18,20,24H,8,10H2,1-3H3/t15-,16?,18+/m1/s1. The summed E-state index contributed by atoms with van der Waals surface area (Å²) in [5.41, 5.74) is 2.23. The van der Waals surface area contributed by atoms with E-state index in [-0.39, 0.29) is 30.1 Å². The lowest BCUT2D eigenvalue weighted by molar-refractivity contribution is -0.127. The molecule has 134 valence electrons. The highest BCUT2D eigenvalue weighted by molar-refractivity contribution is 5.80. The van der Waals surface area contributed by atoms with Crippen LogP contribution in [0, 0.1) is 12.7 Å². The second-order valence-corrected chi connectivity index (χ2v) is 6.51. The number of rotatable bonds is 5. The van der Waals surface area contributed by atoms with Crippen LogP contribution in [0.15, 0.2) is 30.5 Å². The fraction of sp³-hybridized carbons (Fsp3) is 0.444. The van der Waals surface area contributed by atoms with Crippen molar-refractivity contribution in [1.29, 1.82) is 0 Å². The van der Waals surface area contributed by atoms with E-state index in [2.05, 4.69) is 10.4 Å². The molecule has 1 aliphatic heterocycles. The van der Waals surface area contributed by atoms with Crippen LogP contribution in [0.3, 0.4) is 0 Å². The first-order valence-electron chi connectivity index (χ1n) is 8.30. The number of likely N-dealkylation sites (N-methyl/N-ethyl adjacent to an activating group) is 1. The van der Waals surface area contributed by atoms with Gasteiger partial charge in [0, 0.05) is 49.9 Å². The third kappa shape index (κ3) is 3.29. The lowest BCUT2D eigenvalue weighted by Gasteiger charge is -2.26. The number of nitrogens with zero attached hydrogens (tertiary/aromatic N) is 3. The number of aryl methyl sites for hydroxylation is 1. The molecule has 3 rings (SSSR count). The van der Waals surface area contributed by atoms with E-state index in [0.717, 1.165) is 11.3 Å². The molecule has 25 heavy (non-hydrogen) atoms. The molecule has 0 radical (unpaired) electrons. The molecule has 0 saturated carbocycles. The molecule has 2 heterocycles. The topological polar surface area (TPSA) is 70.4 Å². The lowest BCUT2D eigenvalue weighted by Crippen LogP contribution is -2.37. The maximum absolute atomic E-state index is 13.8. The Bertz CT molecular complexity index is 776. The van der Waals surface area contributed by atoms with Gasteiger partial charge in [-0.1, -0.05) is 18.2 Å². The number of benzene rings is 1. The molecule has 2 N–H and O–H groups in total. The zero-order chi connectivity index (χ0) is 18.1. The molecule has 3 atom stereocenters. The van der Waals surface area contributed by atoms with Crippen LogP contribution in [0.5, 0.6) is 0 Å². The van der Waals surface area contributed by atoms with Gasteiger partial charge in [-0.25, -0.2) is 4.39 Å². The molecule has 2 aromatic rings. The summed E-state index contributed by atoms with van der Waals surface area (Å²) in [6.07, 6.45) is 1.13. The van der Waals surface area contributed by atoms with Crippen molar-refractivity contribution in [1.82, 2.24) is 20.0 Å². The first kappa shape index (κ1) is 17.6. The molecule has 1 fully saturated rings.